The summed E-state index contributed by atoms with van der Waals surface area (Å²) in [5, 5.41) is 50.7. The first-order chi connectivity index (χ1) is 54.8. The van der Waals surface area contributed by atoms with Crippen LogP contribution in [0.25, 0.3) is 0 Å². The number of ketones is 1. The Kier molecular flexibility index (Phi) is 44.8. The van der Waals surface area contributed by atoms with E-state index in [1.807, 2.05) is 146 Å². The van der Waals surface area contributed by atoms with Crippen LogP contribution in [0.2, 0.25) is 4.24 Å². The highest BCUT2D eigenvalue weighted by Crippen LogP contribution is 2.23. The number of benzene rings is 5. The number of hydrogen-bond acceptors (Lipinski definition) is 19. The third-order valence-corrected chi connectivity index (χ3v) is 17.4. The number of nitrogens with two attached hydrogens (primary N) is 6. The number of alkyl carbamates (subject to hydrolysis) is 1. The molecule has 3 saturated heterocycles. The maximum Gasteiger partial charge on any atom is 0.435 e. The van der Waals surface area contributed by atoms with Gasteiger partial charge >= 0.3 is 24.1 Å². The molecule has 0 saturated carbocycles. The molecule has 0 aliphatic carbocycles. The van der Waals surface area contributed by atoms with Gasteiger partial charge in [0.2, 0.25) is 23.6 Å². The number of nitrogens with zero attached hydrogens (tertiary/aromatic N) is 3. The number of amidine groups is 3. The molecule has 8 rings (SSSR count). The number of amides is 6. The molecule has 6 amide bonds. The predicted molar refractivity (Wildman–Crippen MR) is 439 cm³/mol. The Hall–Kier alpha value is -9.72. The molecular weight excluding hydrogens is 1480 g/mol. The number of ether oxygens (including phenoxy) is 2. The number of halogens is 2. The Morgan fingerprint density at radius 2 is 0.946 bits per heavy atom. The van der Waals surface area contributed by atoms with Crippen molar-refractivity contribution in [1.82, 2.24) is 31.1 Å². The van der Waals surface area contributed by atoms with E-state index in [1.54, 1.807) is 58.3 Å². The van der Waals surface area contributed by atoms with E-state index < -0.39 is 60.4 Å². The van der Waals surface area contributed by atoms with Gasteiger partial charge in [0.15, 0.2) is 0 Å². The molecule has 4 unspecified atom stereocenters. The van der Waals surface area contributed by atoms with Gasteiger partial charge in [-0.05, 0) is 129 Å². The van der Waals surface area contributed by atoms with Gasteiger partial charge in [-0.25, -0.2) is 9.59 Å². The Labute approximate surface area is 676 Å². The maximum absolute atomic E-state index is 12.9. The molecule has 3 aliphatic rings. The van der Waals surface area contributed by atoms with Crippen molar-refractivity contribution in [3.05, 3.63) is 178 Å². The van der Waals surface area contributed by atoms with Crippen molar-refractivity contribution in [2.24, 2.45) is 63.0 Å². The second-order valence-electron chi connectivity index (χ2n) is 28.5. The number of carbonyl (C=O) groups is 9. The molecule has 29 nitrogen and oxygen atoms in total. The number of Topliss-reactive ketones (excluding diaryl/α,β-unsaturated/α-hetero) is 1. The summed E-state index contributed by atoms with van der Waals surface area (Å²) in [4.78, 5) is 114. The number of hydrogen-bond donors (Lipinski definition) is 15. The molecule has 7 atom stereocenters. The number of carboxylic acids is 2. The fourth-order valence-electron chi connectivity index (χ4n) is 11.6. The van der Waals surface area contributed by atoms with Crippen LogP contribution < -0.4 is 55.6 Å². The van der Waals surface area contributed by atoms with Gasteiger partial charge in [-0.2, -0.15) is 4.99 Å². The highest BCUT2D eigenvalue weighted by atomic mass is 35.5. The minimum Gasteiger partial charge on any atom is -0.480 e. The number of carbonyl (C=O) groups excluding carboxylic acids is 7. The zero-order chi connectivity index (χ0) is 86.1. The molecule has 3 heterocycles. The van der Waals surface area contributed by atoms with E-state index in [1.165, 1.54) is 0 Å². The molecule has 5 aromatic rings. The van der Waals surface area contributed by atoms with Crippen LogP contribution >= 0.6 is 24.7 Å². The van der Waals surface area contributed by atoms with Crippen LogP contribution in [0.15, 0.2) is 138 Å². The van der Waals surface area contributed by atoms with Crippen LogP contribution in [0, 0.1) is 34.5 Å². The van der Waals surface area contributed by atoms with Crippen molar-refractivity contribution >= 4 is 95.8 Å². The van der Waals surface area contributed by atoms with Crippen molar-refractivity contribution in [3.8, 4) is 0 Å². The van der Waals surface area contributed by atoms with Gasteiger partial charge in [0.25, 0.3) is 0 Å². The number of likely N-dealkylation sites (tertiary alicyclic amines) is 2. The quantitative estimate of drug-likeness (QED) is 0.0142. The monoisotopic (exact) mass is 1610 g/mol. The summed E-state index contributed by atoms with van der Waals surface area (Å²) >= 11 is 3.89. The Morgan fingerprint density at radius 3 is 1.33 bits per heavy atom. The number of aliphatic hydroxyl groups excluding tert-OH is 1. The molecule has 618 valence electrons. The van der Waals surface area contributed by atoms with Gasteiger partial charge in [-0.3, -0.25) is 49.7 Å². The third-order valence-electron chi connectivity index (χ3n) is 17.4. The van der Waals surface area contributed by atoms with Gasteiger partial charge < -0.3 is 84.9 Å². The van der Waals surface area contributed by atoms with Crippen LogP contribution in [0.5, 0.6) is 0 Å². The van der Waals surface area contributed by atoms with Crippen molar-refractivity contribution in [2.75, 3.05) is 26.7 Å². The number of rotatable bonds is 32. The molecule has 31 heteroatoms. The summed E-state index contributed by atoms with van der Waals surface area (Å²) in [5.74, 6) is -1.17. The Bertz CT molecular complexity index is 3800. The van der Waals surface area contributed by atoms with E-state index in [0.717, 1.165) is 67.2 Å². The molecule has 3 fully saturated rings. The van der Waals surface area contributed by atoms with Crippen LogP contribution in [0.4, 0.5) is 9.59 Å². The lowest BCUT2D eigenvalue weighted by Crippen LogP contribution is -2.51. The SMILES string of the molecule is CC(C)CC(N)C(=O)O.CO.Cl.NC(=NC(=O)OCc1ccccc1)c1ccc(CCC(=O)[C@@H]2CCCN2)cc1.[3H]Cl.[3H]NC(CC(C)C)C(=O)N1CCC[C@H]1C(=O)NCc1ccc(C(=N)N)cc1.[3H]NC(CC(C)C)C(=O)N1CCC[C@H]1C(=O)NCc1ccc(C(=N)NC(=O)OCc2ccccc2)cc1.[3H]NC(CC(C)C)C(=O)O. The normalized spacial score (nSPS) is 16.1. The van der Waals surface area contributed by atoms with E-state index in [2.05, 4.69) is 50.0 Å². The lowest BCUT2D eigenvalue weighted by molar-refractivity contribution is -0.139. The summed E-state index contributed by atoms with van der Waals surface area (Å²) in [6.07, 6.45) is 6.68. The molecular formula is C81H121Cl2N15O14. The van der Waals surface area contributed by atoms with Crippen molar-refractivity contribution in [1.29, 1.82) is 12.0 Å². The van der Waals surface area contributed by atoms with Gasteiger partial charge in [0.05, 0.1) is 18.1 Å². The zero-order valence-corrected chi connectivity index (χ0v) is 67.3. The molecule has 0 spiro atoms. The summed E-state index contributed by atoms with van der Waals surface area (Å²) in [6, 6.07) is 36.4. The first-order valence-corrected chi connectivity index (χ1v) is 37.2. The lowest BCUT2D eigenvalue weighted by Gasteiger charge is -2.27. The van der Waals surface area contributed by atoms with E-state index in [9.17, 15) is 43.2 Å². The molecule has 0 radical (unpaired) electrons. The smallest absolute Gasteiger partial charge is 0.435 e. The summed E-state index contributed by atoms with van der Waals surface area (Å²) < 4.78 is 37.1. The van der Waals surface area contributed by atoms with Crippen LogP contribution in [-0.4, -0.2) is 166 Å². The second-order valence-corrected chi connectivity index (χ2v) is 28.5. The maximum atomic E-state index is 12.9. The molecule has 0 aromatic heterocycles. The molecule has 21 N–H and O–H groups in total. The number of nitrogens with one attached hydrogen (secondary N) is 6. The highest BCUT2D eigenvalue weighted by Gasteiger charge is 2.38. The number of nitrogen functional groups attached to an aromatic ring is 1. The zero-order valence-electron chi connectivity index (χ0n) is 69.7. The van der Waals surface area contributed by atoms with Crippen LogP contribution in [-0.2, 0) is 75.8 Å². The molecule has 3 aliphatic heterocycles. The van der Waals surface area contributed by atoms with E-state index in [-0.39, 0.29) is 97.0 Å². The number of aliphatic carboxylic acids is 2. The molecule has 0 bridgehead atoms. The molecule has 5 aromatic carbocycles. The van der Waals surface area contributed by atoms with E-state index in [4.69, 9.17) is 58.2 Å². The predicted octanol–water partition coefficient (Wildman–Crippen LogP) is 8.19. The highest BCUT2D eigenvalue weighted by molar-refractivity contribution is 6.05. The third kappa shape index (κ3) is 38.5. The van der Waals surface area contributed by atoms with Gasteiger partial charge in [-0.15, -0.1) is 24.7 Å². The lowest BCUT2D eigenvalue weighted by atomic mass is 10.0. The topological polar surface area (TPSA) is 504 Å². The van der Waals surface area contributed by atoms with Gasteiger partial charge in [0.1, 0.15) is 66.1 Å². The second kappa shape index (κ2) is 54.0. The molecule has 112 heavy (non-hydrogen) atoms. The fraction of sp³-hybridized carbons (Fsp3) is 0.481. The number of aliphatic imine (C=N–C) groups is 1. The van der Waals surface area contributed by atoms with Crippen molar-refractivity contribution in [2.45, 2.75) is 201 Å². The van der Waals surface area contributed by atoms with Crippen molar-refractivity contribution < 1.29 is 72.2 Å². The number of carboxylic acid groups (broad SMARTS) is 2. The number of aryl methyl sites for hydroxylation is 1. The Morgan fingerprint density at radius 1 is 0.545 bits per heavy atom. The van der Waals surface area contributed by atoms with Gasteiger partial charge in [-0.1, -0.05) is 189 Å². The summed E-state index contributed by atoms with van der Waals surface area (Å²) in [6.45, 7) is 18.6. The fourth-order valence-corrected chi connectivity index (χ4v) is 11.6. The van der Waals surface area contributed by atoms with Crippen molar-refractivity contribution in [3.63, 3.8) is 0 Å². The standard InChI is InChI=1S/C27H35N5O4.C22H25N3O3.C19H29N5O2.2C6H13NO2.CH4O.2ClH/c1-18(2)15-22(28)26(34)32-14-6-9-23(32)25(33)30-16-19-10-12-21(13-11-19)24(29)31-27(35)36-17-20-7-4-3-5-8-20;23-21(25-22(27)28-15-17-5-2-1-3-6-17)18-11-8-16(9-12-18)10-13-20(26)19-7-4-14-24-19;1-12(2)10-15(20)19(26)24-9-3-4-16(24)18(25)23-11-13-5-7-14(8-6-13)17(21)22;2*1-4(2)3-5(7)6(8)9;1-2;;/h3-5,7-8,10-13,18,22-23H,6,9,14-17,28H2,1-2H3,(H,30,33)(H2,29,31,35);1-3,5-6,8-9,11-12,19,24H,4,7,10,13-15H2,(H2,23,25,27);5-8,12,15-16H,3-4,9-11,20H2,1-2H3,(H3,21,22)(H,23,25);2*4-5H,3,7H2,1-2H3,(H,8,9);2H,1H3;2*1H/t22?,23-;19-;15?,16-;;;;;/m000...../s1/i/hT4. The largest absolute Gasteiger partial charge is 0.480 e. The Balaban J connectivity index is 0.000000769. The van der Waals surface area contributed by atoms with E-state index in [0.29, 0.717) is 99.5 Å². The van der Waals surface area contributed by atoms with E-state index >= 15 is 0 Å². The summed E-state index contributed by atoms with van der Waals surface area (Å²) in [5.41, 5.74) is 29.5. The van der Waals surface area contributed by atoms with Crippen LogP contribution in [0.1, 0.15) is 171 Å². The average molecular weight is 1610 g/mol. The first-order valence-electron chi connectivity index (χ1n) is 39.1. The average Bonchev–Trinajstić information content (AvgIpc) is 1.68. The summed E-state index contributed by atoms with van der Waals surface area (Å²) in [7, 11) is 1.00. The van der Waals surface area contributed by atoms with Crippen LogP contribution in [0.3, 0.4) is 0 Å². The van der Waals surface area contributed by atoms with Gasteiger partial charge in [0, 0.05) is 56.4 Å². The minimum absolute atomic E-state index is 0. The first kappa shape index (κ1) is 92.9. The number of aliphatic hydroxyl groups is 1. The minimum atomic E-state index is -0.955.